The van der Waals surface area contributed by atoms with Gasteiger partial charge in [0.1, 0.15) is 0 Å². The molecule has 0 unspecified atom stereocenters. The molecular weight excluding hydrogens is 296 g/mol. The summed E-state index contributed by atoms with van der Waals surface area (Å²) in [6.07, 6.45) is 9.65. The lowest BCUT2D eigenvalue weighted by molar-refractivity contribution is -0.125. The molecule has 0 bridgehead atoms. The van der Waals surface area contributed by atoms with Gasteiger partial charge in [-0.25, -0.2) is 0 Å². The summed E-state index contributed by atoms with van der Waals surface area (Å²) in [4.78, 5) is 12.4. The average Bonchev–Trinajstić information content (AvgIpc) is 2.78. The van der Waals surface area contributed by atoms with Gasteiger partial charge in [-0.05, 0) is 92.4 Å². The van der Waals surface area contributed by atoms with Crippen LogP contribution in [0.25, 0.3) is 0 Å². The van der Waals surface area contributed by atoms with Gasteiger partial charge < -0.3 is 5.11 Å². The zero-order valence-electron chi connectivity index (χ0n) is 16.0. The Morgan fingerprint density at radius 1 is 1.00 bits per heavy atom. The Morgan fingerprint density at radius 2 is 1.71 bits per heavy atom. The highest BCUT2D eigenvalue weighted by atomic mass is 16.3. The highest BCUT2D eigenvalue weighted by Crippen LogP contribution is 2.67. The predicted octanol–water partition coefficient (Wildman–Crippen LogP) is 5.05. The summed E-state index contributed by atoms with van der Waals surface area (Å²) in [6, 6.07) is 0. The third-order valence-electron chi connectivity index (χ3n) is 9.16. The molecule has 0 aromatic carbocycles. The minimum atomic E-state index is -0.489. The number of hydrogen-bond acceptors (Lipinski definition) is 2. The maximum atomic E-state index is 12.4. The standard InChI is InChI=1S/C22H34O2/c1-5-14-16-7-6-15-17(20(16,2)11-10-19(14)23)8-12-21(3)18(15)9-13-22(21,4)24/h15,17-18,24H,5-13H2,1-4H3/t15-,17+,18-,20-,21-,22+/m1/s1. The fourth-order valence-corrected chi connectivity index (χ4v) is 7.48. The van der Waals surface area contributed by atoms with Crippen molar-refractivity contribution in [2.75, 3.05) is 0 Å². The predicted molar refractivity (Wildman–Crippen MR) is 96.6 cm³/mol. The van der Waals surface area contributed by atoms with Crippen molar-refractivity contribution in [3.05, 3.63) is 11.1 Å². The molecule has 4 rings (SSSR count). The first kappa shape index (κ1) is 16.8. The zero-order chi connectivity index (χ0) is 17.3. The maximum Gasteiger partial charge on any atom is 0.158 e. The van der Waals surface area contributed by atoms with Crippen LogP contribution in [0.2, 0.25) is 0 Å². The molecule has 0 aromatic heterocycles. The maximum absolute atomic E-state index is 12.4. The number of hydrogen-bond donors (Lipinski definition) is 1. The first-order valence-corrected chi connectivity index (χ1v) is 10.2. The second kappa shape index (κ2) is 5.19. The number of allylic oxidation sites excluding steroid dienone is 1. The molecule has 134 valence electrons. The van der Waals surface area contributed by atoms with Crippen molar-refractivity contribution in [1.82, 2.24) is 0 Å². The number of rotatable bonds is 1. The van der Waals surface area contributed by atoms with E-state index in [4.69, 9.17) is 0 Å². The van der Waals surface area contributed by atoms with Crippen molar-refractivity contribution in [2.45, 2.75) is 91.1 Å². The van der Waals surface area contributed by atoms with Gasteiger partial charge >= 0.3 is 0 Å². The molecule has 0 aromatic rings. The SMILES string of the molecule is CCC1=C2CC[C@H]3[C@H]4CC[C@](C)(O)[C@]4(C)CC[C@@H]3[C@]2(C)CCC1=O. The van der Waals surface area contributed by atoms with E-state index in [0.717, 1.165) is 50.4 Å². The van der Waals surface area contributed by atoms with E-state index >= 15 is 0 Å². The molecule has 4 aliphatic carbocycles. The highest BCUT2D eigenvalue weighted by molar-refractivity contribution is 5.97. The van der Waals surface area contributed by atoms with E-state index in [1.807, 2.05) is 0 Å². The van der Waals surface area contributed by atoms with Gasteiger partial charge in [0.05, 0.1) is 5.60 Å². The van der Waals surface area contributed by atoms with Gasteiger partial charge in [-0.2, -0.15) is 0 Å². The minimum absolute atomic E-state index is 0.101. The molecule has 0 radical (unpaired) electrons. The van der Waals surface area contributed by atoms with E-state index in [9.17, 15) is 9.90 Å². The van der Waals surface area contributed by atoms with Gasteiger partial charge in [0.25, 0.3) is 0 Å². The molecule has 0 aliphatic heterocycles. The number of Topliss-reactive ketones (excluding diaryl/α,β-unsaturated/α-hetero) is 1. The zero-order valence-corrected chi connectivity index (χ0v) is 16.0. The van der Waals surface area contributed by atoms with Crippen LogP contribution in [0.5, 0.6) is 0 Å². The Hall–Kier alpha value is -0.630. The van der Waals surface area contributed by atoms with Crippen LogP contribution in [0.15, 0.2) is 11.1 Å². The number of aliphatic hydroxyl groups is 1. The third kappa shape index (κ3) is 1.95. The van der Waals surface area contributed by atoms with Gasteiger partial charge in [0, 0.05) is 6.42 Å². The minimum Gasteiger partial charge on any atom is -0.390 e. The number of fused-ring (bicyclic) bond motifs is 5. The van der Waals surface area contributed by atoms with Crippen LogP contribution in [0.1, 0.15) is 85.5 Å². The van der Waals surface area contributed by atoms with Crippen LogP contribution >= 0.6 is 0 Å². The second-order valence-corrected chi connectivity index (χ2v) is 9.84. The van der Waals surface area contributed by atoms with Crippen LogP contribution in [0.3, 0.4) is 0 Å². The number of ketones is 1. The van der Waals surface area contributed by atoms with Gasteiger partial charge in [-0.1, -0.05) is 26.3 Å². The van der Waals surface area contributed by atoms with E-state index in [1.165, 1.54) is 30.4 Å². The van der Waals surface area contributed by atoms with E-state index < -0.39 is 5.60 Å². The van der Waals surface area contributed by atoms with Crippen molar-refractivity contribution in [3.8, 4) is 0 Å². The summed E-state index contributed by atoms with van der Waals surface area (Å²) in [5.41, 5.74) is 2.56. The summed E-state index contributed by atoms with van der Waals surface area (Å²) in [7, 11) is 0. The van der Waals surface area contributed by atoms with Crippen LogP contribution in [-0.4, -0.2) is 16.5 Å². The molecule has 0 saturated heterocycles. The van der Waals surface area contributed by atoms with Gasteiger partial charge in [0.2, 0.25) is 0 Å². The molecule has 6 atom stereocenters. The van der Waals surface area contributed by atoms with Crippen molar-refractivity contribution >= 4 is 5.78 Å². The molecule has 0 heterocycles. The first-order chi connectivity index (χ1) is 11.2. The van der Waals surface area contributed by atoms with Crippen LogP contribution in [0, 0.1) is 28.6 Å². The smallest absolute Gasteiger partial charge is 0.158 e. The van der Waals surface area contributed by atoms with Crippen molar-refractivity contribution < 1.29 is 9.90 Å². The molecule has 0 spiro atoms. The largest absolute Gasteiger partial charge is 0.390 e. The fourth-order valence-electron chi connectivity index (χ4n) is 7.48. The van der Waals surface area contributed by atoms with Crippen LogP contribution < -0.4 is 0 Å². The third-order valence-corrected chi connectivity index (χ3v) is 9.16. The summed E-state index contributed by atoms with van der Waals surface area (Å²) >= 11 is 0. The van der Waals surface area contributed by atoms with Gasteiger partial charge in [0.15, 0.2) is 5.78 Å². The average molecular weight is 331 g/mol. The van der Waals surface area contributed by atoms with Crippen molar-refractivity contribution in [2.24, 2.45) is 28.6 Å². The van der Waals surface area contributed by atoms with E-state index in [0.29, 0.717) is 11.7 Å². The Morgan fingerprint density at radius 3 is 2.42 bits per heavy atom. The Bertz CT molecular complexity index is 601. The first-order valence-electron chi connectivity index (χ1n) is 10.2. The molecule has 0 amide bonds. The van der Waals surface area contributed by atoms with E-state index in [1.54, 1.807) is 0 Å². The lowest BCUT2D eigenvalue weighted by Gasteiger charge is -2.59. The molecule has 3 fully saturated rings. The Kier molecular flexibility index (Phi) is 3.64. The summed E-state index contributed by atoms with van der Waals surface area (Å²) in [6.45, 7) is 9.06. The molecule has 1 N–H and O–H groups in total. The van der Waals surface area contributed by atoms with Gasteiger partial charge in [-0.15, -0.1) is 0 Å². The van der Waals surface area contributed by atoms with Crippen LogP contribution in [0.4, 0.5) is 0 Å². The monoisotopic (exact) mass is 330 g/mol. The summed E-state index contributed by atoms with van der Waals surface area (Å²) in [5, 5.41) is 11.0. The molecule has 3 saturated carbocycles. The number of carbonyl (C=O) groups is 1. The molecule has 4 aliphatic rings. The van der Waals surface area contributed by atoms with Gasteiger partial charge in [-0.3, -0.25) is 4.79 Å². The van der Waals surface area contributed by atoms with E-state index in [-0.39, 0.29) is 10.8 Å². The number of carbonyl (C=O) groups excluding carboxylic acids is 1. The second-order valence-electron chi connectivity index (χ2n) is 9.84. The highest BCUT2D eigenvalue weighted by Gasteiger charge is 2.62. The van der Waals surface area contributed by atoms with Crippen molar-refractivity contribution in [3.63, 3.8) is 0 Å². The van der Waals surface area contributed by atoms with Crippen LogP contribution in [-0.2, 0) is 4.79 Å². The topological polar surface area (TPSA) is 37.3 Å². The van der Waals surface area contributed by atoms with Crippen molar-refractivity contribution in [1.29, 1.82) is 0 Å². The summed E-state index contributed by atoms with van der Waals surface area (Å²) in [5.74, 6) is 2.57. The molecule has 2 heteroatoms. The lowest BCUT2D eigenvalue weighted by Crippen LogP contribution is -2.54. The normalized spacial score (nSPS) is 51.2. The quantitative estimate of drug-likeness (QED) is 0.730. The molecule has 2 nitrogen and oxygen atoms in total. The summed E-state index contributed by atoms with van der Waals surface area (Å²) < 4.78 is 0. The molecular formula is C22H34O2. The lowest BCUT2D eigenvalue weighted by atomic mass is 9.46. The Labute approximate surface area is 147 Å². The molecule has 24 heavy (non-hydrogen) atoms. The van der Waals surface area contributed by atoms with E-state index in [2.05, 4.69) is 27.7 Å². The Balaban J connectivity index is 1.73. The fraction of sp³-hybridized carbons (Fsp3) is 0.864.